The van der Waals surface area contributed by atoms with Gasteiger partial charge in [0, 0.05) is 51.2 Å². The minimum atomic E-state index is -3.76. The summed E-state index contributed by atoms with van der Waals surface area (Å²) in [5, 5.41) is 4.23. The summed E-state index contributed by atoms with van der Waals surface area (Å²) < 4.78 is 36.7. The SMILES string of the molecule is Cn1cc(CN2C[C@@H]3[C@@H](C2)Oc2ncccc2S(=O)(=O)N3Cc2ccccc2)cn1. The van der Waals surface area contributed by atoms with Crippen molar-refractivity contribution in [3.63, 3.8) is 0 Å². The zero-order valence-corrected chi connectivity index (χ0v) is 17.4. The third-order valence-corrected chi connectivity index (χ3v) is 7.50. The van der Waals surface area contributed by atoms with Crippen molar-refractivity contribution in [1.29, 1.82) is 0 Å². The molecule has 156 valence electrons. The molecule has 0 amide bonds. The van der Waals surface area contributed by atoms with Crippen molar-refractivity contribution in [3.8, 4) is 5.88 Å². The van der Waals surface area contributed by atoms with Crippen LogP contribution in [0, 0.1) is 0 Å². The number of ether oxygens (including phenoxy) is 1. The van der Waals surface area contributed by atoms with Gasteiger partial charge in [-0.15, -0.1) is 0 Å². The van der Waals surface area contributed by atoms with Gasteiger partial charge in [-0.05, 0) is 17.7 Å². The van der Waals surface area contributed by atoms with E-state index in [-0.39, 0.29) is 22.9 Å². The van der Waals surface area contributed by atoms with Crippen molar-refractivity contribution < 1.29 is 13.2 Å². The van der Waals surface area contributed by atoms with Crippen molar-refractivity contribution in [2.24, 2.45) is 7.05 Å². The number of aryl methyl sites for hydroxylation is 1. The van der Waals surface area contributed by atoms with Gasteiger partial charge in [-0.1, -0.05) is 30.3 Å². The molecule has 0 radical (unpaired) electrons. The second-order valence-corrected chi connectivity index (χ2v) is 9.64. The number of hydrogen-bond donors (Lipinski definition) is 0. The number of nitrogens with zero attached hydrogens (tertiary/aromatic N) is 5. The van der Waals surface area contributed by atoms with Crippen LogP contribution in [0.1, 0.15) is 11.1 Å². The zero-order chi connectivity index (χ0) is 20.7. The molecule has 4 heterocycles. The molecule has 9 heteroatoms. The van der Waals surface area contributed by atoms with Crippen molar-refractivity contribution in [2.75, 3.05) is 13.1 Å². The molecular formula is C21H23N5O3S. The average molecular weight is 426 g/mol. The number of aromatic nitrogens is 3. The first-order chi connectivity index (χ1) is 14.5. The van der Waals surface area contributed by atoms with Gasteiger partial charge in [0.25, 0.3) is 0 Å². The van der Waals surface area contributed by atoms with Crippen molar-refractivity contribution in [2.45, 2.75) is 30.1 Å². The van der Waals surface area contributed by atoms with Gasteiger partial charge in [-0.2, -0.15) is 9.40 Å². The molecule has 0 unspecified atom stereocenters. The fraction of sp³-hybridized carbons (Fsp3) is 0.333. The molecule has 0 saturated carbocycles. The van der Waals surface area contributed by atoms with Crippen LogP contribution in [0.25, 0.3) is 0 Å². The van der Waals surface area contributed by atoms with E-state index >= 15 is 0 Å². The molecule has 5 rings (SSSR count). The molecule has 1 aromatic carbocycles. The lowest BCUT2D eigenvalue weighted by atomic mass is 10.1. The van der Waals surface area contributed by atoms with E-state index in [4.69, 9.17) is 4.74 Å². The number of benzene rings is 1. The fourth-order valence-corrected chi connectivity index (χ4v) is 5.94. The van der Waals surface area contributed by atoms with E-state index in [1.807, 2.05) is 49.8 Å². The maximum Gasteiger partial charge on any atom is 0.249 e. The first-order valence-electron chi connectivity index (χ1n) is 9.88. The molecule has 2 atom stereocenters. The maximum absolute atomic E-state index is 13.6. The molecular weight excluding hydrogens is 402 g/mol. The van der Waals surface area contributed by atoms with E-state index in [2.05, 4.69) is 15.0 Å². The van der Waals surface area contributed by atoms with Gasteiger partial charge in [-0.25, -0.2) is 13.4 Å². The van der Waals surface area contributed by atoms with E-state index < -0.39 is 10.0 Å². The highest BCUT2D eigenvalue weighted by Gasteiger charge is 2.47. The Hall–Kier alpha value is -2.75. The highest BCUT2D eigenvalue weighted by molar-refractivity contribution is 7.89. The summed E-state index contributed by atoms with van der Waals surface area (Å²) in [5.41, 5.74) is 2.03. The zero-order valence-electron chi connectivity index (χ0n) is 16.6. The third-order valence-electron chi connectivity index (χ3n) is 5.61. The van der Waals surface area contributed by atoms with Gasteiger partial charge in [0.1, 0.15) is 11.0 Å². The molecule has 2 aromatic heterocycles. The van der Waals surface area contributed by atoms with E-state index in [0.29, 0.717) is 26.2 Å². The van der Waals surface area contributed by atoms with Crippen molar-refractivity contribution >= 4 is 10.0 Å². The summed E-state index contributed by atoms with van der Waals surface area (Å²) in [6, 6.07) is 12.6. The highest BCUT2D eigenvalue weighted by Crippen LogP contribution is 2.36. The number of hydrogen-bond acceptors (Lipinski definition) is 6. The third kappa shape index (κ3) is 3.49. The summed E-state index contributed by atoms with van der Waals surface area (Å²) in [4.78, 5) is 6.58. The predicted octanol–water partition coefficient (Wildman–Crippen LogP) is 1.65. The Kier molecular flexibility index (Phi) is 4.80. The van der Waals surface area contributed by atoms with Gasteiger partial charge in [0.15, 0.2) is 0 Å². The molecule has 0 N–H and O–H groups in total. The molecule has 2 aliphatic rings. The number of pyridine rings is 1. The first kappa shape index (κ1) is 19.2. The first-order valence-corrected chi connectivity index (χ1v) is 11.3. The van der Waals surface area contributed by atoms with Crippen LogP contribution in [0.15, 0.2) is 66.0 Å². The smallest absolute Gasteiger partial charge is 0.249 e. The van der Waals surface area contributed by atoms with Crippen molar-refractivity contribution in [1.82, 2.24) is 24.0 Å². The summed E-state index contributed by atoms with van der Waals surface area (Å²) in [6.07, 6.45) is 5.09. The largest absolute Gasteiger partial charge is 0.470 e. The predicted molar refractivity (Wildman–Crippen MR) is 110 cm³/mol. The summed E-state index contributed by atoms with van der Waals surface area (Å²) in [6.45, 7) is 2.19. The van der Waals surface area contributed by atoms with Crippen LogP contribution in [-0.4, -0.2) is 57.6 Å². The highest BCUT2D eigenvalue weighted by atomic mass is 32.2. The second-order valence-electron chi connectivity index (χ2n) is 7.78. The summed E-state index contributed by atoms with van der Waals surface area (Å²) >= 11 is 0. The lowest BCUT2D eigenvalue weighted by molar-refractivity contribution is 0.144. The Balaban J connectivity index is 1.50. The topological polar surface area (TPSA) is 80.6 Å². The van der Waals surface area contributed by atoms with Gasteiger partial charge in [0.2, 0.25) is 15.9 Å². The monoisotopic (exact) mass is 425 g/mol. The maximum atomic E-state index is 13.6. The quantitative estimate of drug-likeness (QED) is 0.632. The lowest BCUT2D eigenvalue weighted by Crippen LogP contribution is -2.46. The lowest BCUT2D eigenvalue weighted by Gasteiger charge is -2.28. The number of likely N-dealkylation sites (tertiary alicyclic amines) is 1. The van der Waals surface area contributed by atoms with Crippen LogP contribution < -0.4 is 4.74 Å². The number of fused-ring (bicyclic) bond motifs is 2. The molecule has 1 saturated heterocycles. The van der Waals surface area contributed by atoms with E-state index in [1.54, 1.807) is 27.3 Å². The molecule has 0 aliphatic carbocycles. The molecule has 1 fully saturated rings. The summed E-state index contributed by atoms with van der Waals surface area (Å²) in [7, 11) is -1.87. The molecule has 2 aliphatic heterocycles. The van der Waals surface area contributed by atoms with Gasteiger partial charge >= 0.3 is 0 Å². The van der Waals surface area contributed by atoms with Gasteiger partial charge < -0.3 is 4.74 Å². The van der Waals surface area contributed by atoms with Crippen LogP contribution in [0.5, 0.6) is 5.88 Å². The number of rotatable bonds is 4. The Morgan fingerprint density at radius 3 is 2.67 bits per heavy atom. The van der Waals surface area contributed by atoms with E-state index in [9.17, 15) is 8.42 Å². The van der Waals surface area contributed by atoms with E-state index in [0.717, 1.165) is 11.1 Å². The second kappa shape index (κ2) is 7.50. The van der Waals surface area contributed by atoms with Crippen LogP contribution in [0.2, 0.25) is 0 Å². The summed E-state index contributed by atoms with van der Waals surface area (Å²) in [5.74, 6) is 0.186. The van der Waals surface area contributed by atoms with Crippen LogP contribution in [0.3, 0.4) is 0 Å². The Labute approximate surface area is 175 Å². The van der Waals surface area contributed by atoms with E-state index in [1.165, 1.54) is 0 Å². The van der Waals surface area contributed by atoms with Crippen LogP contribution in [-0.2, 0) is 30.2 Å². The minimum absolute atomic E-state index is 0.133. The Bertz CT molecular complexity index is 1150. The normalized spacial score (nSPS) is 23.4. The molecule has 30 heavy (non-hydrogen) atoms. The average Bonchev–Trinajstić information content (AvgIpc) is 3.31. The standard InChI is InChI=1S/C21H23N5O3S/c1-24-11-17(10-23-24)12-25-14-18-19(15-25)29-21-20(8-5-9-22-21)30(27,28)26(18)13-16-6-3-2-4-7-16/h2-11,18-19H,12-15H2,1H3/t18-,19-/m1/s1. The van der Waals surface area contributed by atoms with Gasteiger partial charge in [-0.3, -0.25) is 9.58 Å². The molecule has 0 bridgehead atoms. The molecule has 0 spiro atoms. The Morgan fingerprint density at radius 1 is 1.07 bits per heavy atom. The number of sulfonamides is 1. The minimum Gasteiger partial charge on any atom is -0.470 e. The van der Waals surface area contributed by atoms with Crippen LogP contribution >= 0.6 is 0 Å². The fourth-order valence-electron chi connectivity index (χ4n) is 4.24. The Morgan fingerprint density at radius 2 is 1.90 bits per heavy atom. The molecule has 3 aromatic rings. The van der Waals surface area contributed by atoms with Crippen molar-refractivity contribution in [3.05, 3.63) is 72.2 Å². The van der Waals surface area contributed by atoms with Gasteiger partial charge in [0.05, 0.1) is 12.2 Å². The van der Waals surface area contributed by atoms with Crippen LogP contribution in [0.4, 0.5) is 0 Å². The molecule has 8 nitrogen and oxygen atoms in total.